The first-order chi connectivity index (χ1) is 9.15. The van der Waals surface area contributed by atoms with Crippen LogP contribution in [0.5, 0.6) is 0 Å². The molecule has 0 N–H and O–H groups in total. The predicted octanol–water partition coefficient (Wildman–Crippen LogP) is 4.14. The molecule has 0 unspecified atom stereocenters. The molecule has 0 aliphatic rings. The van der Waals surface area contributed by atoms with Crippen molar-refractivity contribution in [2.24, 2.45) is 0 Å². The van der Waals surface area contributed by atoms with E-state index < -0.39 is 5.82 Å². The highest BCUT2D eigenvalue weighted by Crippen LogP contribution is 2.27. The van der Waals surface area contributed by atoms with Gasteiger partial charge in [0.05, 0.1) is 10.9 Å². The maximum absolute atomic E-state index is 13.8. The molecule has 19 heavy (non-hydrogen) atoms. The van der Waals surface area contributed by atoms with Gasteiger partial charge in [0, 0.05) is 11.2 Å². The summed E-state index contributed by atoms with van der Waals surface area (Å²) >= 11 is 11.9. The van der Waals surface area contributed by atoms with Crippen LogP contribution >= 0.6 is 23.2 Å². The first-order valence-corrected chi connectivity index (χ1v) is 6.14. The van der Waals surface area contributed by atoms with E-state index in [4.69, 9.17) is 23.2 Å². The molecule has 94 valence electrons. The molecule has 6 heteroatoms. The highest BCUT2D eigenvalue weighted by Gasteiger charge is 2.12. The second kappa shape index (κ2) is 4.72. The topological polar surface area (TPSA) is 38.7 Å². The Morgan fingerprint density at radius 2 is 1.89 bits per heavy atom. The average molecular weight is 294 g/mol. The molecular weight excluding hydrogens is 288 g/mol. The first kappa shape index (κ1) is 12.3. The molecule has 0 bridgehead atoms. The van der Waals surface area contributed by atoms with Gasteiger partial charge < -0.3 is 0 Å². The van der Waals surface area contributed by atoms with Crippen molar-refractivity contribution in [2.45, 2.75) is 0 Å². The van der Waals surface area contributed by atoms with Crippen LogP contribution in [0.3, 0.4) is 0 Å². The smallest absolute Gasteiger partial charge is 0.166 e. The van der Waals surface area contributed by atoms with Gasteiger partial charge in [0.1, 0.15) is 11.0 Å². The second-order valence-corrected chi connectivity index (χ2v) is 4.63. The molecular formula is C13H6Cl2FN3. The molecule has 3 rings (SSSR count). The van der Waals surface area contributed by atoms with Crippen molar-refractivity contribution < 1.29 is 4.39 Å². The van der Waals surface area contributed by atoms with Gasteiger partial charge in [-0.3, -0.25) is 0 Å². The van der Waals surface area contributed by atoms with E-state index >= 15 is 0 Å². The van der Waals surface area contributed by atoms with E-state index in [0.717, 1.165) is 0 Å². The lowest BCUT2D eigenvalue weighted by Crippen LogP contribution is -1.95. The van der Waals surface area contributed by atoms with Gasteiger partial charge in [0.15, 0.2) is 11.5 Å². The highest BCUT2D eigenvalue weighted by atomic mass is 35.5. The second-order valence-electron chi connectivity index (χ2n) is 3.84. The van der Waals surface area contributed by atoms with E-state index in [1.807, 2.05) is 0 Å². The summed E-state index contributed by atoms with van der Waals surface area (Å²) in [5.41, 5.74) is 0.610. The average Bonchev–Trinajstić information content (AvgIpc) is 2.41. The number of pyridine rings is 1. The Hall–Kier alpha value is -1.78. The zero-order valence-electron chi connectivity index (χ0n) is 9.44. The summed E-state index contributed by atoms with van der Waals surface area (Å²) < 4.78 is 13.8. The quantitative estimate of drug-likeness (QED) is 0.633. The minimum atomic E-state index is -0.462. The number of aromatic nitrogens is 3. The Bertz CT molecular complexity index is 777. The maximum atomic E-state index is 13.8. The molecule has 0 saturated heterocycles. The molecule has 1 aromatic carbocycles. The van der Waals surface area contributed by atoms with Crippen LogP contribution in [0, 0.1) is 5.82 Å². The lowest BCUT2D eigenvalue weighted by atomic mass is 10.2. The minimum absolute atomic E-state index is 0.163. The van der Waals surface area contributed by atoms with Crippen LogP contribution in [0.25, 0.3) is 22.4 Å². The van der Waals surface area contributed by atoms with Crippen LogP contribution in [-0.4, -0.2) is 15.0 Å². The van der Waals surface area contributed by atoms with E-state index in [1.54, 1.807) is 18.3 Å². The maximum Gasteiger partial charge on any atom is 0.166 e. The van der Waals surface area contributed by atoms with Gasteiger partial charge >= 0.3 is 0 Å². The third-order valence-corrected chi connectivity index (χ3v) is 3.12. The van der Waals surface area contributed by atoms with Gasteiger partial charge in [-0.1, -0.05) is 23.2 Å². The van der Waals surface area contributed by atoms with Gasteiger partial charge in [-0.05, 0) is 30.3 Å². The Balaban J connectivity index is 2.28. The molecule has 0 saturated carbocycles. The van der Waals surface area contributed by atoms with Gasteiger partial charge in [0.25, 0.3) is 0 Å². The number of hydrogen-bond acceptors (Lipinski definition) is 3. The monoisotopic (exact) mass is 293 g/mol. The molecule has 3 nitrogen and oxygen atoms in total. The molecule has 0 aliphatic carbocycles. The van der Waals surface area contributed by atoms with Crippen LogP contribution in [0.4, 0.5) is 4.39 Å². The molecule has 0 atom stereocenters. The largest absolute Gasteiger partial charge is 0.236 e. The fraction of sp³-hybridized carbons (Fsp3) is 0. The fourth-order valence-electron chi connectivity index (χ4n) is 1.71. The standard InChI is InChI=1S/C13H6Cl2FN3/c14-7-3-4-10(16)9(6-7)13-18-11(15)8-2-1-5-17-12(8)19-13/h1-6H. The third kappa shape index (κ3) is 2.25. The van der Waals surface area contributed by atoms with Crippen molar-refractivity contribution in [3.8, 4) is 11.4 Å². The summed E-state index contributed by atoms with van der Waals surface area (Å²) in [6.45, 7) is 0. The number of rotatable bonds is 1. The fourth-order valence-corrected chi connectivity index (χ4v) is 2.11. The first-order valence-electron chi connectivity index (χ1n) is 5.39. The van der Waals surface area contributed by atoms with E-state index in [0.29, 0.717) is 16.1 Å². The van der Waals surface area contributed by atoms with E-state index in [2.05, 4.69) is 15.0 Å². The summed E-state index contributed by atoms with van der Waals surface area (Å²) in [6, 6.07) is 7.66. The van der Waals surface area contributed by atoms with Gasteiger partial charge in [-0.2, -0.15) is 0 Å². The van der Waals surface area contributed by atoms with Crippen LogP contribution in [0.2, 0.25) is 10.2 Å². The molecule has 0 fully saturated rings. The summed E-state index contributed by atoms with van der Waals surface area (Å²) in [7, 11) is 0. The number of hydrogen-bond donors (Lipinski definition) is 0. The summed E-state index contributed by atoms with van der Waals surface area (Å²) in [5, 5.41) is 1.25. The Morgan fingerprint density at radius 1 is 1.05 bits per heavy atom. The number of halogens is 3. The van der Waals surface area contributed by atoms with Crippen molar-refractivity contribution in [3.63, 3.8) is 0 Å². The van der Waals surface area contributed by atoms with Crippen molar-refractivity contribution >= 4 is 34.2 Å². The zero-order chi connectivity index (χ0) is 13.4. The predicted molar refractivity (Wildman–Crippen MR) is 72.7 cm³/mol. The minimum Gasteiger partial charge on any atom is -0.236 e. The molecule has 2 aromatic heterocycles. The van der Waals surface area contributed by atoms with Gasteiger partial charge in [-0.25, -0.2) is 19.3 Å². The van der Waals surface area contributed by atoms with Crippen molar-refractivity contribution in [2.75, 3.05) is 0 Å². The normalized spacial score (nSPS) is 10.9. The van der Waals surface area contributed by atoms with E-state index in [9.17, 15) is 4.39 Å². The lowest BCUT2D eigenvalue weighted by Gasteiger charge is -2.05. The van der Waals surface area contributed by atoms with E-state index in [1.165, 1.54) is 18.2 Å². The van der Waals surface area contributed by atoms with Crippen molar-refractivity contribution in [1.82, 2.24) is 15.0 Å². The van der Waals surface area contributed by atoms with Crippen LogP contribution in [0.1, 0.15) is 0 Å². The Labute approximate surface area is 118 Å². The van der Waals surface area contributed by atoms with Crippen molar-refractivity contribution in [3.05, 3.63) is 52.5 Å². The molecule has 0 radical (unpaired) electrons. The Morgan fingerprint density at radius 3 is 2.74 bits per heavy atom. The van der Waals surface area contributed by atoms with Crippen LogP contribution in [-0.2, 0) is 0 Å². The van der Waals surface area contributed by atoms with Crippen LogP contribution < -0.4 is 0 Å². The molecule has 2 heterocycles. The molecule has 0 amide bonds. The molecule has 0 aliphatic heterocycles. The number of benzene rings is 1. The summed E-state index contributed by atoms with van der Waals surface area (Å²) in [6.07, 6.45) is 1.59. The number of fused-ring (bicyclic) bond motifs is 1. The van der Waals surface area contributed by atoms with Gasteiger partial charge in [0.2, 0.25) is 0 Å². The molecule has 0 spiro atoms. The van der Waals surface area contributed by atoms with E-state index in [-0.39, 0.29) is 16.5 Å². The van der Waals surface area contributed by atoms with Gasteiger partial charge in [-0.15, -0.1) is 0 Å². The van der Waals surface area contributed by atoms with Crippen LogP contribution in [0.15, 0.2) is 36.5 Å². The number of nitrogens with zero attached hydrogens (tertiary/aromatic N) is 3. The molecule has 3 aromatic rings. The SMILES string of the molecule is Fc1ccc(Cl)cc1-c1nc(Cl)c2cccnc2n1. The van der Waals surface area contributed by atoms with Crippen molar-refractivity contribution in [1.29, 1.82) is 0 Å². The Kier molecular flexibility index (Phi) is 3.05. The lowest BCUT2D eigenvalue weighted by molar-refractivity contribution is 0.630. The zero-order valence-corrected chi connectivity index (χ0v) is 11.0. The summed E-state index contributed by atoms with van der Waals surface area (Å²) in [4.78, 5) is 12.4. The summed E-state index contributed by atoms with van der Waals surface area (Å²) in [5.74, 6) is -0.299. The third-order valence-electron chi connectivity index (χ3n) is 2.59. The highest BCUT2D eigenvalue weighted by molar-refractivity contribution is 6.34.